The molecule has 1 atom stereocenters. The summed E-state index contributed by atoms with van der Waals surface area (Å²) in [4.78, 5) is 13.5. The van der Waals surface area contributed by atoms with Crippen molar-refractivity contribution in [1.29, 1.82) is 0 Å². The molecule has 0 saturated carbocycles. The predicted molar refractivity (Wildman–Crippen MR) is 74.4 cm³/mol. The summed E-state index contributed by atoms with van der Waals surface area (Å²) in [6.45, 7) is 3.08. The van der Waals surface area contributed by atoms with Crippen molar-refractivity contribution in [2.45, 2.75) is 12.3 Å². The van der Waals surface area contributed by atoms with E-state index >= 15 is 0 Å². The molecule has 0 saturated heterocycles. The van der Waals surface area contributed by atoms with Gasteiger partial charge in [-0.2, -0.15) is 0 Å². The molecule has 1 rings (SSSR count). The van der Waals surface area contributed by atoms with Crippen LogP contribution in [0.2, 0.25) is 0 Å². The van der Waals surface area contributed by atoms with E-state index in [-0.39, 0.29) is 5.91 Å². The van der Waals surface area contributed by atoms with E-state index in [2.05, 4.69) is 5.32 Å². The molecule has 18 heavy (non-hydrogen) atoms. The van der Waals surface area contributed by atoms with Crippen LogP contribution in [-0.2, 0) is 4.79 Å². The van der Waals surface area contributed by atoms with Gasteiger partial charge >= 0.3 is 0 Å². The summed E-state index contributed by atoms with van der Waals surface area (Å²) >= 11 is 5.69. The number of amides is 1. The summed E-state index contributed by atoms with van der Waals surface area (Å²) < 4.78 is 5.57. The molecule has 1 N–H and O–H groups in total. The monoisotopic (exact) mass is 270 g/mol. The molecule has 0 heterocycles. The molecule has 0 bridgehead atoms. The summed E-state index contributed by atoms with van der Waals surface area (Å²) in [5.41, 5.74) is 0.690. The lowest BCUT2D eigenvalue weighted by Gasteiger charge is -2.12. The van der Waals surface area contributed by atoms with Gasteiger partial charge in [-0.1, -0.05) is 6.07 Å². The van der Waals surface area contributed by atoms with Gasteiger partial charge in [-0.25, -0.2) is 0 Å². The van der Waals surface area contributed by atoms with Gasteiger partial charge in [-0.15, -0.1) is 11.6 Å². The minimum absolute atomic E-state index is 0.220. The van der Waals surface area contributed by atoms with Crippen LogP contribution in [0.4, 0.5) is 5.69 Å². The minimum Gasteiger partial charge on any atom is -0.492 e. The highest BCUT2D eigenvalue weighted by Crippen LogP contribution is 2.17. The zero-order chi connectivity index (χ0) is 13.5. The molecule has 4 nitrogen and oxygen atoms in total. The van der Waals surface area contributed by atoms with E-state index in [0.29, 0.717) is 12.3 Å². The van der Waals surface area contributed by atoms with Crippen LogP contribution >= 0.6 is 11.6 Å². The average Bonchev–Trinajstić information content (AvgIpc) is 2.28. The van der Waals surface area contributed by atoms with Gasteiger partial charge in [0.15, 0.2) is 0 Å². The van der Waals surface area contributed by atoms with Crippen molar-refractivity contribution in [2.75, 3.05) is 32.6 Å². The van der Waals surface area contributed by atoms with E-state index in [0.717, 1.165) is 12.3 Å². The normalized spacial score (nSPS) is 12.3. The van der Waals surface area contributed by atoms with E-state index in [1.165, 1.54) is 0 Å². The molecule has 5 heteroatoms. The van der Waals surface area contributed by atoms with Crippen molar-refractivity contribution in [3.8, 4) is 5.75 Å². The average molecular weight is 271 g/mol. The third-order valence-corrected chi connectivity index (χ3v) is 2.47. The van der Waals surface area contributed by atoms with E-state index in [1.54, 1.807) is 19.1 Å². The second kappa shape index (κ2) is 7.24. The molecular weight excluding hydrogens is 252 g/mol. The molecule has 0 aliphatic rings. The summed E-state index contributed by atoms with van der Waals surface area (Å²) in [7, 11) is 3.98. The van der Waals surface area contributed by atoms with E-state index < -0.39 is 5.38 Å². The van der Waals surface area contributed by atoms with Gasteiger partial charge in [0.2, 0.25) is 5.91 Å². The number of carbonyl (C=O) groups is 1. The van der Waals surface area contributed by atoms with Crippen LogP contribution in [0, 0.1) is 0 Å². The first-order valence-electron chi connectivity index (χ1n) is 5.81. The van der Waals surface area contributed by atoms with Crippen LogP contribution < -0.4 is 10.1 Å². The quantitative estimate of drug-likeness (QED) is 0.806. The van der Waals surface area contributed by atoms with Crippen molar-refractivity contribution in [2.24, 2.45) is 0 Å². The molecule has 1 amide bonds. The number of likely N-dealkylation sites (N-methyl/N-ethyl adjacent to an activating group) is 1. The lowest BCUT2D eigenvalue weighted by Crippen LogP contribution is -2.20. The van der Waals surface area contributed by atoms with Crippen LogP contribution in [0.25, 0.3) is 0 Å². The second-order valence-electron chi connectivity index (χ2n) is 4.28. The van der Waals surface area contributed by atoms with Crippen molar-refractivity contribution in [3.63, 3.8) is 0 Å². The third-order valence-electron chi connectivity index (χ3n) is 2.27. The largest absolute Gasteiger partial charge is 0.492 e. The van der Waals surface area contributed by atoms with Crippen LogP contribution in [0.15, 0.2) is 24.3 Å². The first-order valence-corrected chi connectivity index (χ1v) is 6.25. The van der Waals surface area contributed by atoms with Gasteiger partial charge in [0.05, 0.1) is 0 Å². The summed E-state index contributed by atoms with van der Waals surface area (Å²) in [6.07, 6.45) is 0. The lowest BCUT2D eigenvalue weighted by atomic mass is 10.3. The Morgan fingerprint density at radius 2 is 2.22 bits per heavy atom. The number of nitrogens with one attached hydrogen (secondary N) is 1. The Labute approximate surface area is 113 Å². The Morgan fingerprint density at radius 3 is 2.83 bits per heavy atom. The summed E-state index contributed by atoms with van der Waals surface area (Å²) in [5.74, 6) is 0.513. The molecule has 0 aliphatic heterocycles. The first kappa shape index (κ1) is 14.8. The number of rotatable bonds is 6. The number of ether oxygens (including phenoxy) is 1. The topological polar surface area (TPSA) is 41.6 Å². The van der Waals surface area contributed by atoms with Crippen molar-refractivity contribution in [3.05, 3.63) is 24.3 Å². The van der Waals surface area contributed by atoms with E-state index in [1.807, 2.05) is 31.1 Å². The highest BCUT2D eigenvalue weighted by Gasteiger charge is 2.09. The smallest absolute Gasteiger partial charge is 0.242 e. The van der Waals surface area contributed by atoms with E-state index in [4.69, 9.17) is 16.3 Å². The zero-order valence-corrected chi connectivity index (χ0v) is 11.7. The number of nitrogens with zero attached hydrogens (tertiary/aromatic N) is 1. The Kier molecular flexibility index (Phi) is 5.95. The van der Waals surface area contributed by atoms with Crippen LogP contribution in [0.5, 0.6) is 5.75 Å². The highest BCUT2D eigenvalue weighted by atomic mass is 35.5. The standard InChI is InChI=1S/C13H19ClN2O2/c1-10(14)13(17)15-11-5-4-6-12(9-11)18-8-7-16(2)3/h4-6,9-10H,7-8H2,1-3H3,(H,15,17). The number of anilines is 1. The number of benzene rings is 1. The molecule has 0 spiro atoms. The van der Waals surface area contributed by atoms with Gasteiger partial charge < -0.3 is 15.0 Å². The lowest BCUT2D eigenvalue weighted by molar-refractivity contribution is -0.115. The molecule has 100 valence electrons. The highest BCUT2D eigenvalue weighted by molar-refractivity contribution is 6.32. The van der Waals surface area contributed by atoms with Crippen LogP contribution in [0.1, 0.15) is 6.92 Å². The fraction of sp³-hybridized carbons (Fsp3) is 0.462. The number of halogens is 1. The zero-order valence-electron chi connectivity index (χ0n) is 10.9. The second-order valence-corrected chi connectivity index (χ2v) is 4.94. The fourth-order valence-electron chi connectivity index (χ4n) is 1.25. The Balaban J connectivity index is 2.54. The van der Waals surface area contributed by atoms with Crippen molar-refractivity contribution < 1.29 is 9.53 Å². The minimum atomic E-state index is -0.552. The molecule has 0 aliphatic carbocycles. The predicted octanol–water partition coefficient (Wildman–Crippen LogP) is 2.19. The molecular formula is C13H19ClN2O2. The van der Waals surface area contributed by atoms with Gasteiger partial charge in [0.1, 0.15) is 17.7 Å². The van der Waals surface area contributed by atoms with Crippen LogP contribution in [-0.4, -0.2) is 43.4 Å². The van der Waals surface area contributed by atoms with E-state index in [9.17, 15) is 4.79 Å². The SMILES string of the molecule is CC(Cl)C(=O)Nc1cccc(OCCN(C)C)c1. The molecule has 1 aromatic rings. The summed E-state index contributed by atoms with van der Waals surface area (Å²) in [6, 6.07) is 7.28. The number of hydrogen-bond donors (Lipinski definition) is 1. The van der Waals surface area contributed by atoms with Gasteiger partial charge in [-0.3, -0.25) is 4.79 Å². The fourth-order valence-corrected chi connectivity index (χ4v) is 1.31. The van der Waals surface area contributed by atoms with Gasteiger partial charge in [0, 0.05) is 18.3 Å². The number of alkyl halides is 1. The maximum Gasteiger partial charge on any atom is 0.242 e. The Hall–Kier alpha value is -1.26. The Bertz CT molecular complexity index is 394. The molecule has 1 unspecified atom stereocenters. The maximum atomic E-state index is 11.4. The van der Waals surface area contributed by atoms with Crippen molar-refractivity contribution in [1.82, 2.24) is 4.90 Å². The molecule has 0 aromatic heterocycles. The molecule has 0 fully saturated rings. The maximum absolute atomic E-state index is 11.4. The van der Waals surface area contributed by atoms with Crippen LogP contribution in [0.3, 0.4) is 0 Å². The van der Waals surface area contributed by atoms with Gasteiger partial charge in [-0.05, 0) is 33.2 Å². The molecule has 1 aromatic carbocycles. The van der Waals surface area contributed by atoms with Gasteiger partial charge in [0.25, 0.3) is 0 Å². The number of hydrogen-bond acceptors (Lipinski definition) is 3. The molecule has 0 radical (unpaired) electrons. The van der Waals surface area contributed by atoms with Crippen molar-refractivity contribution >= 4 is 23.2 Å². The summed E-state index contributed by atoms with van der Waals surface area (Å²) in [5, 5.41) is 2.17. The first-order chi connectivity index (χ1) is 8.49. The number of carbonyl (C=O) groups excluding carboxylic acids is 1. The Morgan fingerprint density at radius 1 is 1.50 bits per heavy atom. The third kappa shape index (κ3) is 5.38.